The molecule has 0 saturated carbocycles. The van der Waals surface area contributed by atoms with Crippen LogP contribution in [0.1, 0.15) is 25.7 Å². The number of amides is 1. The van der Waals surface area contributed by atoms with Crippen LogP contribution in [0, 0.1) is 0 Å². The minimum atomic E-state index is -5.38. The van der Waals surface area contributed by atoms with Gasteiger partial charge in [0.25, 0.3) is 7.82 Å². The molecule has 7 N–H and O–H groups in total. The number of nitrogens with one attached hydrogen (secondary N) is 1. The fraction of sp³-hybridized carbons (Fsp3) is 0.615. The Balaban J connectivity index is 4.79. The van der Waals surface area contributed by atoms with Crippen LogP contribution >= 0.6 is 7.82 Å². The van der Waals surface area contributed by atoms with E-state index in [9.17, 15) is 33.4 Å². The Morgan fingerprint density at radius 3 is 2.00 bits per heavy atom. The van der Waals surface area contributed by atoms with Crippen molar-refractivity contribution < 1.29 is 62.9 Å². The molecule has 0 radical (unpaired) electrons. The Bertz CT molecular complexity index is 682. The van der Waals surface area contributed by atoms with E-state index in [1.54, 1.807) is 0 Å². The minimum Gasteiger partial charge on any atom is -0.756 e. The molecule has 29 heavy (non-hydrogen) atoms. The first kappa shape index (κ1) is 26.4. The van der Waals surface area contributed by atoms with Crippen LogP contribution in [0.5, 0.6) is 0 Å². The molecule has 166 valence electrons. The molecule has 0 aliphatic rings. The lowest BCUT2D eigenvalue weighted by Crippen LogP contribution is -2.44. The van der Waals surface area contributed by atoms with E-state index in [1.807, 2.05) is 5.32 Å². The van der Waals surface area contributed by atoms with Crippen molar-refractivity contribution in [1.29, 1.82) is 0 Å². The summed E-state index contributed by atoms with van der Waals surface area (Å²) in [5.74, 6) is -7.23. The van der Waals surface area contributed by atoms with Crippen LogP contribution in [0.4, 0.5) is 0 Å². The molecule has 0 aromatic heterocycles. The van der Waals surface area contributed by atoms with Crippen LogP contribution in [0.15, 0.2) is 0 Å². The highest BCUT2D eigenvalue weighted by Crippen LogP contribution is 2.40. The molecule has 1 amide bonds. The summed E-state index contributed by atoms with van der Waals surface area (Å²) >= 11 is 0. The molecule has 0 aliphatic carbocycles. The first-order valence-corrected chi connectivity index (χ1v) is 9.30. The number of nitrogens with two attached hydrogens (primary N) is 1. The molecule has 0 rings (SSSR count). The summed E-state index contributed by atoms with van der Waals surface area (Å²) in [6, 6.07) is -3.26. The molecule has 0 spiro atoms. The van der Waals surface area contributed by atoms with Gasteiger partial charge in [0.1, 0.15) is 6.04 Å². The van der Waals surface area contributed by atoms with Crippen molar-refractivity contribution in [3.05, 3.63) is 0 Å². The van der Waals surface area contributed by atoms with Gasteiger partial charge in [-0.15, -0.1) is 0 Å². The fourth-order valence-corrected chi connectivity index (χ4v) is 2.58. The molecule has 0 bridgehead atoms. The highest BCUT2D eigenvalue weighted by Gasteiger charge is 2.28. The fourth-order valence-electron chi connectivity index (χ4n) is 1.68. The van der Waals surface area contributed by atoms with Crippen LogP contribution in [0.25, 0.3) is 0 Å². The van der Waals surface area contributed by atoms with E-state index in [2.05, 4.69) is 9.05 Å². The topological polar surface area (TPSA) is 263 Å². The zero-order valence-electron chi connectivity index (χ0n) is 14.8. The summed E-state index contributed by atoms with van der Waals surface area (Å²) in [5.41, 5.74) is 5.19. The maximum absolute atomic E-state index is 11.7. The zero-order chi connectivity index (χ0) is 22.8. The highest BCUT2D eigenvalue weighted by atomic mass is 31.2. The van der Waals surface area contributed by atoms with Crippen LogP contribution < -0.4 is 15.9 Å². The number of rotatable bonds is 15. The van der Waals surface area contributed by atoms with Crippen molar-refractivity contribution in [2.45, 2.75) is 43.9 Å². The van der Waals surface area contributed by atoms with E-state index in [0.29, 0.717) is 0 Å². The van der Waals surface area contributed by atoms with E-state index in [1.165, 1.54) is 0 Å². The zero-order valence-corrected chi connectivity index (χ0v) is 15.6. The van der Waals surface area contributed by atoms with Crippen molar-refractivity contribution in [2.75, 3.05) is 6.61 Å². The Morgan fingerprint density at radius 1 is 0.966 bits per heavy atom. The minimum absolute atomic E-state index is 0.318. The molecule has 0 aliphatic heterocycles. The van der Waals surface area contributed by atoms with Crippen molar-refractivity contribution in [1.82, 2.24) is 5.32 Å². The first-order chi connectivity index (χ1) is 13.2. The van der Waals surface area contributed by atoms with Crippen LogP contribution in [0.2, 0.25) is 0 Å². The number of phosphoric ester groups is 1. The molecule has 0 aromatic rings. The molecule has 0 fully saturated rings. The summed E-state index contributed by atoms with van der Waals surface area (Å²) < 4.78 is 20.2. The molecule has 16 heteroatoms. The molecule has 1 unspecified atom stereocenters. The molecule has 0 aromatic carbocycles. The summed E-state index contributed by atoms with van der Waals surface area (Å²) in [4.78, 5) is 66.3. The van der Waals surface area contributed by atoms with Crippen LogP contribution in [-0.2, 0) is 37.6 Å². The number of carboxylic acid groups (broad SMARTS) is 4. The first-order valence-electron chi connectivity index (χ1n) is 7.84. The molecule has 4 atom stereocenters. The number of carbonyl (C=O) groups is 5. The average Bonchev–Trinajstić information content (AvgIpc) is 2.59. The number of aliphatic carboxylic acids is 4. The Hall–Kier alpha value is -2.58. The van der Waals surface area contributed by atoms with E-state index < -0.39 is 81.7 Å². The lowest BCUT2D eigenvalue weighted by atomic mass is 10.1. The summed E-state index contributed by atoms with van der Waals surface area (Å²) in [6.07, 6.45) is -4.29. The van der Waals surface area contributed by atoms with Gasteiger partial charge in [0.05, 0.1) is 6.61 Å². The summed E-state index contributed by atoms with van der Waals surface area (Å²) in [5, 5.41) is 36.8. The van der Waals surface area contributed by atoms with Crippen LogP contribution in [-0.4, -0.2) is 75.0 Å². The maximum Gasteiger partial charge on any atom is 0.333 e. The smallest absolute Gasteiger partial charge is 0.333 e. The van der Waals surface area contributed by atoms with Gasteiger partial charge in [-0.05, 0) is 12.8 Å². The Labute approximate surface area is 163 Å². The molecular formula is C13H20N2O13P-. The van der Waals surface area contributed by atoms with Gasteiger partial charge >= 0.3 is 23.9 Å². The maximum atomic E-state index is 11.7. The predicted molar refractivity (Wildman–Crippen MR) is 87.3 cm³/mol. The van der Waals surface area contributed by atoms with Crippen molar-refractivity contribution >= 4 is 37.6 Å². The molecule has 15 nitrogen and oxygen atoms in total. The number of carboxylic acids is 4. The summed E-state index contributed by atoms with van der Waals surface area (Å²) in [6.45, 7) is -1.17. The van der Waals surface area contributed by atoms with Crippen molar-refractivity contribution in [3.63, 3.8) is 0 Å². The standard InChI is InChI=1S/C13H21N2O13P/c14-6(11(19)20)1-3-9(16)15-7(12(21)22)5-27-29(25,26)28-8(13(23)24)2-4-10(17)18/h6-8H,1-5,14H2,(H,15,16)(H,17,18)(H,19,20)(H,21,22)(H,23,24)(H,25,26)/p-1/t6-,7-,8-/m0/s1. The average molecular weight is 443 g/mol. The van der Waals surface area contributed by atoms with E-state index >= 15 is 0 Å². The SMILES string of the molecule is N[C@@H](CCC(=O)N[C@@H](COP(=O)([O-])O[C@@H](CCC(=O)O)C(=O)O)C(=O)O)C(=O)O. The Kier molecular flexibility index (Phi) is 11.0. The third-order valence-electron chi connectivity index (χ3n) is 3.18. The molecule has 0 saturated heterocycles. The third kappa shape index (κ3) is 11.8. The van der Waals surface area contributed by atoms with E-state index in [4.69, 9.17) is 26.2 Å². The predicted octanol–water partition coefficient (Wildman–Crippen LogP) is -2.43. The second-order valence-electron chi connectivity index (χ2n) is 5.55. The molecular weight excluding hydrogens is 423 g/mol. The normalized spacial score (nSPS) is 16.1. The van der Waals surface area contributed by atoms with Gasteiger partial charge < -0.3 is 45.4 Å². The van der Waals surface area contributed by atoms with Gasteiger partial charge in [0, 0.05) is 12.8 Å². The van der Waals surface area contributed by atoms with Crippen LogP contribution in [0.3, 0.4) is 0 Å². The van der Waals surface area contributed by atoms with Gasteiger partial charge in [0.15, 0.2) is 12.1 Å². The van der Waals surface area contributed by atoms with Gasteiger partial charge in [-0.3, -0.25) is 18.9 Å². The Morgan fingerprint density at radius 2 is 1.55 bits per heavy atom. The monoisotopic (exact) mass is 443 g/mol. The van der Waals surface area contributed by atoms with Gasteiger partial charge in [0.2, 0.25) is 5.91 Å². The van der Waals surface area contributed by atoms with Crippen molar-refractivity contribution in [3.8, 4) is 0 Å². The number of carbonyl (C=O) groups excluding carboxylic acids is 1. The van der Waals surface area contributed by atoms with E-state index in [-0.39, 0.29) is 6.42 Å². The third-order valence-corrected chi connectivity index (χ3v) is 4.16. The highest BCUT2D eigenvalue weighted by molar-refractivity contribution is 7.45. The quantitative estimate of drug-likeness (QED) is 0.144. The lowest BCUT2D eigenvalue weighted by Gasteiger charge is -2.27. The lowest BCUT2D eigenvalue weighted by molar-refractivity contribution is -0.231. The van der Waals surface area contributed by atoms with Gasteiger partial charge in [-0.1, -0.05) is 0 Å². The van der Waals surface area contributed by atoms with Crippen molar-refractivity contribution in [2.24, 2.45) is 5.73 Å². The second kappa shape index (κ2) is 12.1. The second-order valence-corrected chi connectivity index (χ2v) is 6.91. The number of hydrogen-bond acceptors (Lipinski definition) is 10. The van der Waals surface area contributed by atoms with Gasteiger partial charge in [-0.2, -0.15) is 0 Å². The van der Waals surface area contributed by atoms with Gasteiger partial charge in [-0.25, -0.2) is 9.59 Å². The number of hydrogen-bond donors (Lipinski definition) is 6. The molecule has 0 heterocycles. The van der Waals surface area contributed by atoms with E-state index in [0.717, 1.165) is 0 Å². The summed E-state index contributed by atoms with van der Waals surface area (Å²) in [7, 11) is -5.38. The number of phosphoric acid groups is 1. The largest absolute Gasteiger partial charge is 0.756 e.